The molecule has 6 rings (SSSR count). The number of fused-ring (bicyclic) bond motifs is 2. The third-order valence-electron chi connectivity index (χ3n) is 7.12. The fraction of sp³-hybridized carbons (Fsp3) is 0.267. The molecule has 1 aliphatic heterocycles. The van der Waals surface area contributed by atoms with Crippen LogP contribution in [0.2, 0.25) is 5.02 Å². The van der Waals surface area contributed by atoms with Gasteiger partial charge in [-0.25, -0.2) is 4.98 Å². The second-order valence-corrected chi connectivity index (χ2v) is 10.0. The first-order chi connectivity index (χ1) is 18.1. The number of benzene rings is 3. The Morgan fingerprint density at radius 1 is 0.892 bits per heavy atom. The Bertz CT molecular complexity index is 1550. The van der Waals surface area contributed by atoms with E-state index in [0.29, 0.717) is 6.61 Å². The van der Waals surface area contributed by atoms with Gasteiger partial charge in [-0.1, -0.05) is 60.1 Å². The first-order valence-corrected chi connectivity index (χ1v) is 13.2. The van der Waals surface area contributed by atoms with Crippen molar-refractivity contribution in [1.29, 1.82) is 0 Å². The van der Waals surface area contributed by atoms with E-state index in [1.54, 1.807) is 0 Å². The highest BCUT2D eigenvalue weighted by molar-refractivity contribution is 6.30. The van der Waals surface area contributed by atoms with Crippen molar-refractivity contribution < 1.29 is 4.74 Å². The van der Waals surface area contributed by atoms with E-state index in [4.69, 9.17) is 26.4 Å². The van der Waals surface area contributed by atoms with Crippen molar-refractivity contribution in [2.45, 2.75) is 13.8 Å². The molecule has 0 atom stereocenters. The Morgan fingerprint density at radius 2 is 1.65 bits per heavy atom. The molecule has 37 heavy (non-hydrogen) atoms. The molecule has 0 bridgehead atoms. The van der Waals surface area contributed by atoms with Gasteiger partial charge in [0.15, 0.2) is 5.65 Å². The lowest BCUT2D eigenvalue weighted by atomic mass is 10.1. The van der Waals surface area contributed by atoms with E-state index < -0.39 is 0 Å². The summed E-state index contributed by atoms with van der Waals surface area (Å²) in [6.45, 7) is 9.50. The summed E-state index contributed by atoms with van der Waals surface area (Å²) in [4.78, 5) is 9.76. The van der Waals surface area contributed by atoms with Gasteiger partial charge in [-0.15, -0.1) is 0 Å². The molecular weight excluding hydrogens is 482 g/mol. The number of nitrogens with zero attached hydrogens (tertiary/aromatic N) is 5. The van der Waals surface area contributed by atoms with Gasteiger partial charge >= 0.3 is 0 Å². The molecule has 3 heterocycles. The molecule has 7 heteroatoms. The maximum absolute atomic E-state index is 6.19. The summed E-state index contributed by atoms with van der Waals surface area (Å²) in [7, 11) is 0. The summed E-state index contributed by atoms with van der Waals surface area (Å²) < 4.78 is 8.19. The highest BCUT2D eigenvalue weighted by Crippen LogP contribution is 2.31. The molecule has 0 spiro atoms. The number of ether oxygens (including phenoxy) is 1. The lowest BCUT2D eigenvalue weighted by Gasteiger charge is -2.36. The molecule has 0 saturated carbocycles. The first kappa shape index (κ1) is 23.8. The van der Waals surface area contributed by atoms with Crippen molar-refractivity contribution in [2.24, 2.45) is 0 Å². The standard InChI is InChI=1S/C30H30ClN5O/c1-21-20-28(36-30(32-21)29(22(2)33-36)24-10-12-25(31)13-11-24)35-16-14-34(15-17-35)18-19-37-27-9-5-7-23-6-3-4-8-26(23)27/h3-13,20H,14-19H2,1-2H3. The molecule has 2 aromatic heterocycles. The molecule has 0 radical (unpaired) electrons. The van der Waals surface area contributed by atoms with Gasteiger partial charge in [-0.2, -0.15) is 9.61 Å². The molecule has 5 aromatic rings. The Balaban J connectivity index is 1.15. The third-order valence-corrected chi connectivity index (χ3v) is 7.37. The SMILES string of the molecule is Cc1cc(N2CCN(CCOc3cccc4ccccc34)CC2)n2nc(C)c(-c3ccc(Cl)cc3)c2n1. The Kier molecular flexibility index (Phi) is 6.45. The van der Waals surface area contributed by atoms with E-state index in [9.17, 15) is 0 Å². The second kappa shape index (κ2) is 10.0. The highest BCUT2D eigenvalue weighted by atomic mass is 35.5. The average Bonchev–Trinajstić information content (AvgIpc) is 3.25. The maximum atomic E-state index is 6.19. The summed E-state index contributed by atoms with van der Waals surface area (Å²) in [5.41, 5.74) is 4.98. The van der Waals surface area contributed by atoms with Gasteiger partial charge in [-0.3, -0.25) is 4.90 Å². The number of aryl methyl sites for hydroxylation is 2. The summed E-state index contributed by atoms with van der Waals surface area (Å²) in [5.74, 6) is 2.05. The summed E-state index contributed by atoms with van der Waals surface area (Å²) >= 11 is 6.13. The Hall–Kier alpha value is -3.61. The fourth-order valence-electron chi connectivity index (χ4n) is 5.21. The molecule has 1 fully saturated rings. The van der Waals surface area contributed by atoms with Crippen LogP contribution in [0.25, 0.3) is 27.5 Å². The topological polar surface area (TPSA) is 45.9 Å². The van der Waals surface area contributed by atoms with Crippen LogP contribution in [-0.2, 0) is 0 Å². The zero-order chi connectivity index (χ0) is 25.4. The van der Waals surface area contributed by atoms with Crippen LogP contribution in [0.3, 0.4) is 0 Å². The quantitative estimate of drug-likeness (QED) is 0.279. The van der Waals surface area contributed by atoms with E-state index in [1.165, 1.54) is 10.8 Å². The van der Waals surface area contributed by atoms with Crippen LogP contribution in [-0.4, -0.2) is 58.8 Å². The van der Waals surface area contributed by atoms with E-state index in [1.807, 2.05) is 35.7 Å². The third kappa shape index (κ3) is 4.75. The van der Waals surface area contributed by atoms with Crippen LogP contribution >= 0.6 is 11.6 Å². The van der Waals surface area contributed by atoms with Gasteiger partial charge in [0, 0.05) is 60.5 Å². The van der Waals surface area contributed by atoms with Crippen molar-refractivity contribution in [2.75, 3.05) is 44.2 Å². The minimum Gasteiger partial charge on any atom is -0.492 e. The van der Waals surface area contributed by atoms with E-state index >= 15 is 0 Å². The first-order valence-electron chi connectivity index (χ1n) is 12.8. The second-order valence-electron chi connectivity index (χ2n) is 9.61. The average molecular weight is 512 g/mol. The molecule has 3 aromatic carbocycles. The van der Waals surface area contributed by atoms with Crippen LogP contribution in [0.15, 0.2) is 72.8 Å². The van der Waals surface area contributed by atoms with E-state index in [0.717, 1.165) is 77.5 Å². The minimum atomic E-state index is 0.676. The molecule has 0 aliphatic carbocycles. The molecule has 6 nitrogen and oxygen atoms in total. The predicted molar refractivity (Wildman–Crippen MR) is 151 cm³/mol. The van der Waals surface area contributed by atoms with Crippen LogP contribution < -0.4 is 9.64 Å². The molecule has 0 unspecified atom stereocenters. The zero-order valence-electron chi connectivity index (χ0n) is 21.2. The lowest BCUT2D eigenvalue weighted by Crippen LogP contribution is -2.48. The number of rotatable bonds is 6. The maximum Gasteiger partial charge on any atom is 0.165 e. The smallest absolute Gasteiger partial charge is 0.165 e. The molecule has 1 saturated heterocycles. The minimum absolute atomic E-state index is 0.676. The van der Waals surface area contributed by atoms with Gasteiger partial charge in [-0.05, 0) is 43.0 Å². The van der Waals surface area contributed by atoms with Crippen molar-refractivity contribution in [3.63, 3.8) is 0 Å². The molecule has 0 N–H and O–H groups in total. The van der Waals surface area contributed by atoms with Gasteiger partial charge in [0.2, 0.25) is 0 Å². The number of anilines is 1. The predicted octanol–water partition coefficient (Wildman–Crippen LogP) is 6.02. The van der Waals surface area contributed by atoms with Crippen molar-refractivity contribution in [3.8, 4) is 16.9 Å². The number of halogens is 1. The van der Waals surface area contributed by atoms with E-state index in [2.05, 4.69) is 65.3 Å². The van der Waals surface area contributed by atoms with Gasteiger partial charge in [0.25, 0.3) is 0 Å². The van der Waals surface area contributed by atoms with Crippen molar-refractivity contribution in [3.05, 3.63) is 89.2 Å². The van der Waals surface area contributed by atoms with Gasteiger partial charge < -0.3 is 9.64 Å². The van der Waals surface area contributed by atoms with Gasteiger partial charge in [0.05, 0.1) is 5.69 Å². The van der Waals surface area contributed by atoms with Crippen molar-refractivity contribution in [1.82, 2.24) is 19.5 Å². The monoisotopic (exact) mass is 511 g/mol. The molecule has 188 valence electrons. The van der Waals surface area contributed by atoms with Crippen LogP contribution in [0.5, 0.6) is 5.75 Å². The zero-order valence-corrected chi connectivity index (χ0v) is 21.9. The fourth-order valence-corrected chi connectivity index (χ4v) is 5.34. The normalized spacial score (nSPS) is 14.5. The Labute approximate surface area is 222 Å². The van der Waals surface area contributed by atoms with E-state index in [-0.39, 0.29) is 0 Å². The molecular formula is C30H30ClN5O. The largest absolute Gasteiger partial charge is 0.492 e. The summed E-state index contributed by atoms with van der Waals surface area (Å²) in [5, 5.41) is 8.00. The van der Waals surface area contributed by atoms with Gasteiger partial charge in [0.1, 0.15) is 18.2 Å². The highest BCUT2D eigenvalue weighted by Gasteiger charge is 2.22. The number of aromatic nitrogens is 3. The van der Waals surface area contributed by atoms with Crippen LogP contribution in [0.1, 0.15) is 11.4 Å². The Morgan fingerprint density at radius 3 is 2.46 bits per heavy atom. The summed E-state index contributed by atoms with van der Waals surface area (Å²) in [6, 6.07) is 24.7. The van der Waals surface area contributed by atoms with Crippen LogP contribution in [0, 0.1) is 13.8 Å². The summed E-state index contributed by atoms with van der Waals surface area (Å²) in [6.07, 6.45) is 0. The number of piperazine rings is 1. The number of hydrogen-bond donors (Lipinski definition) is 0. The number of hydrogen-bond acceptors (Lipinski definition) is 5. The molecule has 0 amide bonds. The van der Waals surface area contributed by atoms with Crippen molar-refractivity contribution >= 4 is 33.8 Å². The van der Waals surface area contributed by atoms with Crippen LogP contribution in [0.4, 0.5) is 5.82 Å². The molecule has 1 aliphatic rings. The lowest BCUT2D eigenvalue weighted by molar-refractivity contribution is 0.201.